The van der Waals surface area contributed by atoms with Gasteiger partial charge in [0.2, 0.25) is 0 Å². The quantitative estimate of drug-likeness (QED) is 0.648. The molecule has 1 saturated heterocycles. The lowest BCUT2D eigenvalue weighted by molar-refractivity contribution is 0.0631. The third-order valence-electron chi connectivity index (χ3n) is 4.48. The zero-order chi connectivity index (χ0) is 18.6. The van der Waals surface area contributed by atoms with Crippen molar-refractivity contribution in [2.75, 3.05) is 13.1 Å². The molecule has 8 heteroatoms. The zero-order valence-electron chi connectivity index (χ0n) is 14.5. The fourth-order valence-corrected chi connectivity index (χ4v) is 3.88. The summed E-state index contributed by atoms with van der Waals surface area (Å²) in [7, 11) is 0. The second-order valence-electron chi connectivity index (χ2n) is 6.28. The van der Waals surface area contributed by atoms with Crippen molar-refractivity contribution in [3.63, 3.8) is 0 Å². The third-order valence-corrected chi connectivity index (χ3v) is 5.32. The largest absolute Gasteiger partial charge is 0.337 e. The highest BCUT2D eigenvalue weighted by atomic mass is 32.1. The Hall–Kier alpha value is -3.00. The first kappa shape index (κ1) is 17.4. The van der Waals surface area contributed by atoms with Crippen molar-refractivity contribution in [2.45, 2.75) is 12.8 Å². The Kier molecular flexibility index (Phi) is 4.97. The summed E-state index contributed by atoms with van der Waals surface area (Å²) in [4.78, 5) is 44.1. The maximum atomic E-state index is 12.9. The summed E-state index contributed by atoms with van der Waals surface area (Å²) in [5.74, 6) is 0.105. The molecule has 4 rings (SSSR count). The smallest absolute Gasteiger partial charge is 0.273 e. The van der Waals surface area contributed by atoms with Crippen LogP contribution in [-0.4, -0.2) is 49.6 Å². The molecule has 0 aliphatic carbocycles. The molecule has 3 aromatic rings. The van der Waals surface area contributed by atoms with Crippen LogP contribution >= 0.6 is 11.3 Å². The number of ketones is 1. The minimum atomic E-state index is -0.229. The first-order chi connectivity index (χ1) is 13.2. The molecule has 1 aliphatic heterocycles. The van der Waals surface area contributed by atoms with Crippen molar-refractivity contribution in [3.05, 3.63) is 59.6 Å². The van der Waals surface area contributed by atoms with Crippen LogP contribution in [0.2, 0.25) is 0 Å². The number of amides is 1. The maximum Gasteiger partial charge on any atom is 0.273 e. The molecule has 3 aromatic heterocycles. The summed E-state index contributed by atoms with van der Waals surface area (Å²) < 4.78 is 0. The predicted molar refractivity (Wildman–Crippen MR) is 100 cm³/mol. The number of carbonyl (C=O) groups is 2. The van der Waals surface area contributed by atoms with Crippen molar-refractivity contribution >= 4 is 23.0 Å². The van der Waals surface area contributed by atoms with E-state index in [-0.39, 0.29) is 17.6 Å². The Morgan fingerprint density at radius 1 is 1.04 bits per heavy atom. The van der Waals surface area contributed by atoms with Gasteiger partial charge >= 0.3 is 0 Å². The lowest BCUT2D eigenvalue weighted by Crippen LogP contribution is -2.42. The average Bonchev–Trinajstić information content (AvgIpc) is 3.24. The topological polar surface area (TPSA) is 88.9 Å². The normalized spacial score (nSPS) is 16.9. The average molecular weight is 379 g/mol. The molecule has 1 amide bonds. The van der Waals surface area contributed by atoms with E-state index in [4.69, 9.17) is 0 Å². The molecular formula is C19H17N5O2S. The van der Waals surface area contributed by atoms with Crippen molar-refractivity contribution in [1.82, 2.24) is 24.8 Å². The number of likely N-dealkylation sites (tertiary alicyclic amines) is 1. The van der Waals surface area contributed by atoms with E-state index in [2.05, 4.69) is 19.9 Å². The molecule has 0 N–H and O–H groups in total. The Balaban J connectivity index is 1.48. The van der Waals surface area contributed by atoms with Crippen molar-refractivity contribution in [2.24, 2.45) is 5.92 Å². The summed E-state index contributed by atoms with van der Waals surface area (Å²) in [6.45, 7) is 1.02. The van der Waals surface area contributed by atoms with Crippen LogP contribution in [-0.2, 0) is 0 Å². The predicted octanol–water partition coefficient (Wildman–Crippen LogP) is 2.73. The van der Waals surface area contributed by atoms with Gasteiger partial charge < -0.3 is 4.90 Å². The molecule has 1 atom stereocenters. The molecule has 7 nitrogen and oxygen atoms in total. The SMILES string of the molecule is O=C(c1ccccn1)C1CCCN(C(=O)c2csc(-c3ncccn3)n2)C1. The van der Waals surface area contributed by atoms with Crippen molar-refractivity contribution in [1.29, 1.82) is 0 Å². The van der Waals surface area contributed by atoms with E-state index in [0.29, 0.717) is 35.3 Å². The first-order valence-electron chi connectivity index (χ1n) is 8.70. The number of nitrogens with zero attached hydrogens (tertiary/aromatic N) is 5. The Bertz CT molecular complexity index is 945. The summed E-state index contributed by atoms with van der Waals surface area (Å²) in [5, 5.41) is 2.33. The number of rotatable bonds is 4. The highest BCUT2D eigenvalue weighted by Crippen LogP contribution is 2.24. The van der Waals surface area contributed by atoms with Gasteiger partial charge in [0.05, 0.1) is 0 Å². The number of piperidine rings is 1. The van der Waals surface area contributed by atoms with Crippen LogP contribution in [0.3, 0.4) is 0 Å². The summed E-state index contributed by atoms with van der Waals surface area (Å²) in [6, 6.07) is 7.03. The molecule has 4 heterocycles. The van der Waals surface area contributed by atoms with Crippen LogP contribution in [0.5, 0.6) is 0 Å². The minimum Gasteiger partial charge on any atom is -0.337 e. The van der Waals surface area contributed by atoms with Gasteiger partial charge in [-0.15, -0.1) is 11.3 Å². The highest BCUT2D eigenvalue weighted by Gasteiger charge is 2.31. The lowest BCUT2D eigenvalue weighted by Gasteiger charge is -2.31. The Morgan fingerprint density at radius 2 is 1.85 bits per heavy atom. The Labute approximate surface area is 160 Å². The van der Waals surface area contributed by atoms with Crippen LogP contribution in [0.1, 0.15) is 33.8 Å². The third kappa shape index (κ3) is 3.75. The molecule has 0 radical (unpaired) electrons. The van der Waals surface area contributed by atoms with E-state index in [1.165, 1.54) is 11.3 Å². The van der Waals surface area contributed by atoms with Gasteiger partial charge in [0.15, 0.2) is 16.6 Å². The fourth-order valence-electron chi connectivity index (χ4n) is 3.14. The standard InChI is InChI=1S/C19H17N5O2S/c25-16(14-6-1-2-7-20-14)13-5-3-10-24(11-13)19(26)15-12-27-18(23-15)17-21-8-4-9-22-17/h1-2,4,6-9,12-13H,3,5,10-11H2. The monoisotopic (exact) mass is 379 g/mol. The second-order valence-corrected chi connectivity index (χ2v) is 7.14. The van der Waals surface area contributed by atoms with E-state index in [1.54, 1.807) is 53.1 Å². The van der Waals surface area contributed by atoms with Gasteiger partial charge in [0, 0.05) is 43.0 Å². The van der Waals surface area contributed by atoms with Gasteiger partial charge in [-0.1, -0.05) is 6.07 Å². The lowest BCUT2D eigenvalue weighted by atomic mass is 9.92. The van der Waals surface area contributed by atoms with E-state index < -0.39 is 0 Å². The highest BCUT2D eigenvalue weighted by molar-refractivity contribution is 7.13. The van der Waals surface area contributed by atoms with E-state index in [1.807, 2.05) is 0 Å². The first-order valence-corrected chi connectivity index (χ1v) is 9.58. The maximum absolute atomic E-state index is 12.9. The number of thiazole rings is 1. The van der Waals surface area contributed by atoms with Crippen LogP contribution in [0.25, 0.3) is 10.8 Å². The molecule has 0 bridgehead atoms. The van der Waals surface area contributed by atoms with Crippen LogP contribution in [0.15, 0.2) is 48.2 Å². The summed E-state index contributed by atoms with van der Waals surface area (Å²) >= 11 is 1.34. The van der Waals surface area contributed by atoms with Crippen molar-refractivity contribution in [3.8, 4) is 10.8 Å². The van der Waals surface area contributed by atoms with Gasteiger partial charge in [-0.2, -0.15) is 0 Å². The van der Waals surface area contributed by atoms with Crippen LogP contribution < -0.4 is 0 Å². The van der Waals surface area contributed by atoms with Gasteiger partial charge in [-0.05, 0) is 31.0 Å². The van der Waals surface area contributed by atoms with E-state index in [0.717, 1.165) is 12.8 Å². The molecule has 27 heavy (non-hydrogen) atoms. The molecule has 136 valence electrons. The fraction of sp³-hybridized carbons (Fsp3) is 0.263. The number of Topliss-reactive ketones (excluding diaryl/α,β-unsaturated/α-hetero) is 1. The van der Waals surface area contributed by atoms with Gasteiger partial charge in [0.25, 0.3) is 5.91 Å². The van der Waals surface area contributed by atoms with Crippen LogP contribution in [0.4, 0.5) is 0 Å². The number of aromatic nitrogens is 4. The molecule has 1 aliphatic rings. The second kappa shape index (κ2) is 7.71. The van der Waals surface area contributed by atoms with Gasteiger partial charge in [0.1, 0.15) is 11.4 Å². The molecule has 0 aromatic carbocycles. The summed E-state index contributed by atoms with van der Waals surface area (Å²) in [6.07, 6.45) is 6.45. The van der Waals surface area contributed by atoms with E-state index in [9.17, 15) is 9.59 Å². The molecule has 0 saturated carbocycles. The van der Waals surface area contributed by atoms with Gasteiger partial charge in [-0.25, -0.2) is 15.0 Å². The Morgan fingerprint density at radius 3 is 2.63 bits per heavy atom. The van der Waals surface area contributed by atoms with Gasteiger partial charge in [-0.3, -0.25) is 14.6 Å². The number of hydrogen-bond donors (Lipinski definition) is 0. The molecule has 1 fully saturated rings. The summed E-state index contributed by atoms with van der Waals surface area (Å²) in [5.41, 5.74) is 0.822. The number of hydrogen-bond acceptors (Lipinski definition) is 7. The van der Waals surface area contributed by atoms with Crippen molar-refractivity contribution < 1.29 is 9.59 Å². The molecular weight excluding hydrogens is 362 g/mol. The van der Waals surface area contributed by atoms with Crippen LogP contribution in [0, 0.1) is 5.92 Å². The number of carbonyl (C=O) groups excluding carboxylic acids is 2. The number of pyridine rings is 1. The zero-order valence-corrected chi connectivity index (χ0v) is 15.3. The molecule has 0 spiro atoms. The molecule has 1 unspecified atom stereocenters. The minimum absolute atomic E-state index is 0.00949. The van der Waals surface area contributed by atoms with E-state index >= 15 is 0 Å².